The van der Waals surface area contributed by atoms with Crippen molar-refractivity contribution in [3.63, 3.8) is 0 Å². The summed E-state index contributed by atoms with van der Waals surface area (Å²) < 4.78 is 0. The van der Waals surface area contributed by atoms with E-state index in [9.17, 15) is 20.0 Å². The maximum Gasteiger partial charge on any atom is 0.338 e. The first-order chi connectivity index (χ1) is 9.91. The van der Waals surface area contributed by atoms with Gasteiger partial charge in [-0.1, -0.05) is 23.9 Å². The summed E-state index contributed by atoms with van der Waals surface area (Å²) >= 11 is 0.924. The lowest BCUT2D eigenvalue weighted by molar-refractivity contribution is -0.387. The fourth-order valence-corrected chi connectivity index (χ4v) is 2.73. The van der Waals surface area contributed by atoms with Crippen molar-refractivity contribution in [1.29, 1.82) is 0 Å². The first kappa shape index (κ1) is 14.9. The van der Waals surface area contributed by atoms with Gasteiger partial charge in [0, 0.05) is 6.07 Å². The molecule has 1 N–H and O–H groups in total. The van der Waals surface area contributed by atoms with Crippen LogP contribution < -0.4 is 0 Å². The van der Waals surface area contributed by atoms with Crippen LogP contribution in [0.25, 0.3) is 0 Å². The Hall–Kier alpha value is -2.48. The molecular weight excluding hydrogens is 294 g/mol. The summed E-state index contributed by atoms with van der Waals surface area (Å²) in [5, 5.41) is 28.2. The Morgan fingerprint density at radius 1 is 1.29 bits per heavy atom. The van der Waals surface area contributed by atoms with E-state index in [0.717, 1.165) is 11.8 Å². The predicted octanol–water partition coefficient (Wildman–Crippen LogP) is 2.85. The quantitative estimate of drug-likeness (QED) is 0.683. The highest BCUT2D eigenvalue weighted by Crippen LogP contribution is 2.35. The van der Waals surface area contributed by atoms with Crippen molar-refractivity contribution >= 4 is 23.4 Å². The van der Waals surface area contributed by atoms with Gasteiger partial charge in [-0.15, -0.1) is 5.10 Å². The van der Waals surface area contributed by atoms with E-state index in [1.807, 2.05) is 0 Å². The van der Waals surface area contributed by atoms with E-state index in [2.05, 4.69) is 10.2 Å². The van der Waals surface area contributed by atoms with Gasteiger partial charge in [0.25, 0.3) is 5.69 Å². The highest BCUT2D eigenvalue weighted by molar-refractivity contribution is 7.99. The summed E-state index contributed by atoms with van der Waals surface area (Å²) in [6.45, 7) is 3.30. The van der Waals surface area contributed by atoms with Crippen LogP contribution in [0.5, 0.6) is 0 Å². The molecule has 1 aromatic heterocycles. The molecule has 1 heterocycles. The van der Waals surface area contributed by atoms with E-state index in [1.165, 1.54) is 6.07 Å². The van der Waals surface area contributed by atoms with Gasteiger partial charge in [0.1, 0.15) is 5.03 Å². The second kappa shape index (κ2) is 5.88. The maximum atomic E-state index is 11.4. The van der Waals surface area contributed by atoms with Crippen LogP contribution in [0.4, 0.5) is 5.69 Å². The molecule has 0 radical (unpaired) electrons. The Kier molecular flexibility index (Phi) is 4.18. The summed E-state index contributed by atoms with van der Waals surface area (Å²) in [5.41, 5.74) is 0.933. The number of carboxylic acid groups (broad SMARTS) is 1. The Morgan fingerprint density at radius 2 is 1.95 bits per heavy atom. The van der Waals surface area contributed by atoms with Gasteiger partial charge < -0.3 is 5.11 Å². The number of nitro benzene ring substituents is 1. The third-order valence-corrected chi connectivity index (χ3v) is 3.95. The van der Waals surface area contributed by atoms with Gasteiger partial charge in [-0.3, -0.25) is 10.1 Å². The molecule has 0 amide bonds. The second-order valence-corrected chi connectivity index (χ2v) is 5.25. The minimum atomic E-state index is -1.13. The standard InChI is InChI=1S/C13H11N3O4S/c1-7-8(2)14-15-12(11(7)13(17)18)21-10-6-4-3-5-9(10)16(19)20/h3-6H,1-2H3,(H,17,18). The minimum Gasteiger partial charge on any atom is -0.478 e. The number of aryl methyl sites for hydroxylation is 1. The molecule has 0 aliphatic rings. The number of carboxylic acids is 1. The number of hydrogen-bond donors (Lipinski definition) is 1. The molecule has 108 valence electrons. The van der Waals surface area contributed by atoms with Gasteiger partial charge in [-0.25, -0.2) is 4.79 Å². The smallest absolute Gasteiger partial charge is 0.338 e. The third kappa shape index (κ3) is 3.00. The fourth-order valence-electron chi connectivity index (χ4n) is 1.71. The lowest BCUT2D eigenvalue weighted by atomic mass is 10.1. The molecule has 0 saturated carbocycles. The number of rotatable bonds is 4. The van der Waals surface area contributed by atoms with Crippen LogP contribution in [-0.4, -0.2) is 26.2 Å². The van der Waals surface area contributed by atoms with Crippen LogP contribution in [0.1, 0.15) is 21.6 Å². The molecular formula is C13H11N3O4S. The van der Waals surface area contributed by atoms with Crippen molar-refractivity contribution in [3.05, 3.63) is 51.2 Å². The largest absolute Gasteiger partial charge is 0.478 e. The Morgan fingerprint density at radius 3 is 2.57 bits per heavy atom. The molecule has 8 heteroatoms. The normalized spacial score (nSPS) is 10.4. The van der Waals surface area contributed by atoms with Gasteiger partial charge >= 0.3 is 5.97 Å². The van der Waals surface area contributed by atoms with Gasteiger partial charge in [-0.2, -0.15) is 5.10 Å². The Labute approximate surface area is 124 Å². The van der Waals surface area contributed by atoms with Crippen molar-refractivity contribution in [1.82, 2.24) is 10.2 Å². The Bertz CT molecular complexity index is 733. The number of benzene rings is 1. The van der Waals surface area contributed by atoms with Crippen molar-refractivity contribution in [2.75, 3.05) is 0 Å². The average molecular weight is 305 g/mol. The molecule has 21 heavy (non-hydrogen) atoms. The van der Waals surface area contributed by atoms with Gasteiger partial charge in [0.05, 0.1) is 21.1 Å². The zero-order chi connectivity index (χ0) is 15.6. The highest BCUT2D eigenvalue weighted by atomic mass is 32.2. The first-order valence-corrected chi connectivity index (χ1v) is 6.72. The molecule has 0 saturated heterocycles. The lowest BCUT2D eigenvalue weighted by Crippen LogP contribution is -2.08. The van der Waals surface area contributed by atoms with Crippen molar-refractivity contribution in [3.8, 4) is 0 Å². The molecule has 0 fully saturated rings. The summed E-state index contributed by atoms with van der Waals surface area (Å²) in [5.74, 6) is -1.13. The predicted molar refractivity (Wildman–Crippen MR) is 75.7 cm³/mol. The monoisotopic (exact) mass is 305 g/mol. The molecule has 7 nitrogen and oxygen atoms in total. The van der Waals surface area contributed by atoms with Crippen LogP contribution in [0.2, 0.25) is 0 Å². The van der Waals surface area contributed by atoms with Crippen molar-refractivity contribution in [2.45, 2.75) is 23.8 Å². The molecule has 0 aliphatic heterocycles. The van der Waals surface area contributed by atoms with Crippen LogP contribution in [0.15, 0.2) is 34.2 Å². The maximum absolute atomic E-state index is 11.4. The van der Waals surface area contributed by atoms with E-state index in [-0.39, 0.29) is 16.3 Å². The summed E-state index contributed by atoms with van der Waals surface area (Å²) in [6, 6.07) is 6.10. The van der Waals surface area contributed by atoms with Gasteiger partial charge in [0.2, 0.25) is 0 Å². The molecule has 0 spiro atoms. The number of nitrogens with zero attached hydrogens (tertiary/aromatic N) is 3. The minimum absolute atomic E-state index is 0.0191. The van der Waals surface area contributed by atoms with E-state index in [4.69, 9.17) is 0 Å². The number of aromatic nitrogens is 2. The lowest BCUT2D eigenvalue weighted by Gasteiger charge is -2.08. The first-order valence-electron chi connectivity index (χ1n) is 5.90. The molecule has 1 aromatic carbocycles. The number of nitro groups is 1. The number of aromatic carboxylic acids is 1. The van der Waals surface area contributed by atoms with Crippen molar-refractivity contribution < 1.29 is 14.8 Å². The van der Waals surface area contributed by atoms with Crippen LogP contribution in [-0.2, 0) is 0 Å². The van der Waals surface area contributed by atoms with Gasteiger partial charge in [-0.05, 0) is 25.5 Å². The molecule has 2 rings (SSSR count). The summed E-state index contributed by atoms with van der Waals surface area (Å²) in [7, 11) is 0. The molecule has 2 aromatic rings. The zero-order valence-corrected chi connectivity index (χ0v) is 12.0. The third-order valence-electron chi connectivity index (χ3n) is 2.90. The van der Waals surface area contributed by atoms with Crippen LogP contribution in [0, 0.1) is 24.0 Å². The second-order valence-electron chi connectivity index (χ2n) is 4.22. The van der Waals surface area contributed by atoms with E-state index < -0.39 is 10.9 Å². The number of carbonyl (C=O) groups is 1. The summed E-state index contributed by atoms with van der Waals surface area (Å²) in [4.78, 5) is 22.2. The number of hydrogen-bond acceptors (Lipinski definition) is 6. The molecule has 0 atom stereocenters. The zero-order valence-electron chi connectivity index (χ0n) is 11.2. The highest BCUT2D eigenvalue weighted by Gasteiger charge is 2.21. The van der Waals surface area contributed by atoms with E-state index >= 15 is 0 Å². The SMILES string of the molecule is Cc1nnc(Sc2ccccc2[N+](=O)[O-])c(C(=O)O)c1C. The molecule has 0 unspecified atom stereocenters. The van der Waals surface area contributed by atoms with Crippen molar-refractivity contribution in [2.24, 2.45) is 0 Å². The summed E-state index contributed by atoms with van der Waals surface area (Å²) in [6.07, 6.45) is 0. The van der Waals surface area contributed by atoms with E-state index in [1.54, 1.807) is 32.0 Å². The molecule has 0 aliphatic carbocycles. The fraction of sp³-hybridized carbons (Fsp3) is 0.154. The molecule has 0 bridgehead atoms. The van der Waals surface area contributed by atoms with E-state index in [0.29, 0.717) is 16.2 Å². The van der Waals surface area contributed by atoms with Gasteiger partial charge in [0.15, 0.2) is 0 Å². The topological polar surface area (TPSA) is 106 Å². The van der Waals surface area contributed by atoms with Crippen LogP contribution in [0.3, 0.4) is 0 Å². The Balaban J connectivity index is 2.53. The van der Waals surface area contributed by atoms with Crippen LogP contribution >= 0.6 is 11.8 Å². The average Bonchev–Trinajstić information content (AvgIpc) is 2.43. The number of para-hydroxylation sites is 1.